The molecule has 20 heavy (non-hydrogen) atoms. The lowest BCUT2D eigenvalue weighted by Crippen LogP contribution is -2.24. The van der Waals surface area contributed by atoms with E-state index in [4.69, 9.17) is 6.42 Å². The van der Waals surface area contributed by atoms with Gasteiger partial charge < -0.3 is 5.32 Å². The van der Waals surface area contributed by atoms with E-state index in [1.54, 1.807) is 36.0 Å². The second-order valence-corrected chi connectivity index (χ2v) is 6.98. The average Bonchev–Trinajstić information content (AvgIpc) is 2.45. The fourth-order valence-corrected chi connectivity index (χ4v) is 3.11. The van der Waals surface area contributed by atoms with Crippen molar-refractivity contribution < 1.29 is 8.42 Å². The number of anilines is 1. The van der Waals surface area contributed by atoms with Gasteiger partial charge >= 0.3 is 0 Å². The lowest BCUT2D eigenvalue weighted by Gasteiger charge is -2.08. The van der Waals surface area contributed by atoms with E-state index in [9.17, 15) is 8.42 Å². The Bertz CT molecular complexity index is 533. The molecule has 0 atom stereocenters. The number of sulfonamides is 1. The van der Waals surface area contributed by atoms with Crippen LogP contribution >= 0.6 is 11.8 Å². The zero-order chi connectivity index (χ0) is 14.8. The van der Waals surface area contributed by atoms with Crippen molar-refractivity contribution in [3.63, 3.8) is 0 Å². The third-order valence-electron chi connectivity index (χ3n) is 2.47. The van der Waals surface area contributed by atoms with Gasteiger partial charge in [-0.2, -0.15) is 0 Å². The quantitative estimate of drug-likeness (QED) is 0.542. The molecule has 0 fully saturated rings. The summed E-state index contributed by atoms with van der Waals surface area (Å²) >= 11 is 1.68. The minimum absolute atomic E-state index is 0.290. The SMILES string of the molecule is C#CCSCCNc1ccc(S(=O)(=O)NCCC)cc1. The summed E-state index contributed by atoms with van der Waals surface area (Å²) in [7, 11) is -3.38. The van der Waals surface area contributed by atoms with Crippen LogP contribution in [0.1, 0.15) is 13.3 Å². The van der Waals surface area contributed by atoms with Crippen LogP contribution < -0.4 is 10.0 Å². The van der Waals surface area contributed by atoms with Gasteiger partial charge in [0.2, 0.25) is 10.0 Å². The van der Waals surface area contributed by atoms with Gasteiger partial charge in [0.15, 0.2) is 0 Å². The van der Waals surface area contributed by atoms with Gasteiger partial charge in [0.1, 0.15) is 0 Å². The van der Waals surface area contributed by atoms with Gasteiger partial charge in [-0.25, -0.2) is 13.1 Å². The monoisotopic (exact) mass is 312 g/mol. The third-order valence-corrected chi connectivity index (χ3v) is 4.81. The summed E-state index contributed by atoms with van der Waals surface area (Å²) in [6.07, 6.45) is 5.93. The molecule has 2 N–H and O–H groups in total. The number of rotatable bonds is 9. The molecule has 0 amide bonds. The first-order valence-electron chi connectivity index (χ1n) is 6.45. The number of terminal acetylenes is 1. The maximum atomic E-state index is 11.9. The summed E-state index contributed by atoms with van der Waals surface area (Å²) < 4.78 is 26.3. The Labute approximate surface area is 125 Å². The van der Waals surface area contributed by atoms with Crippen LogP contribution in [0.25, 0.3) is 0 Å². The molecule has 0 aliphatic rings. The van der Waals surface area contributed by atoms with Gasteiger partial charge in [-0.05, 0) is 30.7 Å². The van der Waals surface area contributed by atoms with E-state index >= 15 is 0 Å². The molecule has 0 saturated heterocycles. The first-order chi connectivity index (χ1) is 9.60. The molecule has 0 unspecified atom stereocenters. The van der Waals surface area contributed by atoms with Crippen molar-refractivity contribution >= 4 is 27.5 Å². The Hall–Kier alpha value is -1.16. The molecule has 6 heteroatoms. The van der Waals surface area contributed by atoms with Crippen molar-refractivity contribution in [2.45, 2.75) is 18.2 Å². The standard InChI is InChI=1S/C14H20N2O2S2/c1-3-9-16-20(17,18)14-7-5-13(6-8-14)15-10-12-19-11-4-2/h2,5-8,15-16H,3,9-12H2,1H3. The van der Waals surface area contributed by atoms with Crippen LogP contribution in [-0.2, 0) is 10.0 Å². The van der Waals surface area contributed by atoms with Crippen LogP contribution in [0.15, 0.2) is 29.2 Å². The van der Waals surface area contributed by atoms with E-state index in [-0.39, 0.29) is 0 Å². The molecule has 110 valence electrons. The first kappa shape index (κ1) is 16.9. The molecule has 4 nitrogen and oxygen atoms in total. The smallest absolute Gasteiger partial charge is 0.240 e. The summed E-state index contributed by atoms with van der Waals surface area (Å²) in [6, 6.07) is 6.75. The Morgan fingerprint density at radius 2 is 1.95 bits per heavy atom. The van der Waals surface area contributed by atoms with Crippen LogP contribution in [0.3, 0.4) is 0 Å². The molecule has 1 aromatic rings. The Morgan fingerprint density at radius 1 is 1.25 bits per heavy atom. The third kappa shape index (κ3) is 5.87. The highest BCUT2D eigenvalue weighted by molar-refractivity contribution is 7.99. The molecule has 0 saturated carbocycles. The van der Waals surface area contributed by atoms with Gasteiger partial charge in [0.25, 0.3) is 0 Å². The fraction of sp³-hybridized carbons (Fsp3) is 0.429. The van der Waals surface area contributed by atoms with E-state index < -0.39 is 10.0 Å². The van der Waals surface area contributed by atoms with E-state index in [0.29, 0.717) is 17.2 Å². The van der Waals surface area contributed by atoms with Crippen LogP contribution in [0.5, 0.6) is 0 Å². The topological polar surface area (TPSA) is 58.2 Å². The van der Waals surface area contributed by atoms with Crippen LogP contribution in [-0.4, -0.2) is 33.0 Å². The second-order valence-electron chi connectivity index (χ2n) is 4.11. The normalized spacial score (nSPS) is 11.0. The average molecular weight is 312 g/mol. The van der Waals surface area contributed by atoms with Gasteiger partial charge in [-0.3, -0.25) is 0 Å². The lowest BCUT2D eigenvalue weighted by molar-refractivity contribution is 0.581. The minimum Gasteiger partial charge on any atom is -0.384 e. The van der Waals surface area contributed by atoms with E-state index in [0.717, 1.165) is 24.4 Å². The lowest BCUT2D eigenvalue weighted by atomic mass is 10.3. The Balaban J connectivity index is 2.50. The van der Waals surface area contributed by atoms with Crippen molar-refractivity contribution in [1.29, 1.82) is 0 Å². The van der Waals surface area contributed by atoms with E-state index in [1.165, 1.54) is 0 Å². The summed E-state index contributed by atoms with van der Waals surface area (Å²) in [5, 5.41) is 3.22. The van der Waals surface area contributed by atoms with Gasteiger partial charge in [0, 0.05) is 24.5 Å². The van der Waals surface area contributed by atoms with Crippen molar-refractivity contribution in [2.75, 3.05) is 29.9 Å². The van der Waals surface area contributed by atoms with Gasteiger partial charge in [0.05, 0.1) is 10.6 Å². The molecule has 1 rings (SSSR count). The predicted octanol–water partition coefficient (Wildman–Crippen LogP) is 2.15. The molecule has 0 bridgehead atoms. The number of nitrogens with one attached hydrogen (secondary N) is 2. The summed E-state index contributed by atoms with van der Waals surface area (Å²) in [5.74, 6) is 4.20. The van der Waals surface area contributed by atoms with Gasteiger partial charge in [-0.1, -0.05) is 12.8 Å². The number of benzene rings is 1. The predicted molar refractivity (Wildman–Crippen MR) is 86.6 cm³/mol. The molecule has 0 heterocycles. The maximum absolute atomic E-state index is 11.9. The summed E-state index contributed by atoms with van der Waals surface area (Å²) in [4.78, 5) is 0.290. The fourth-order valence-electron chi connectivity index (χ4n) is 1.47. The molecule has 0 spiro atoms. The number of hydrogen-bond donors (Lipinski definition) is 2. The Morgan fingerprint density at radius 3 is 2.55 bits per heavy atom. The zero-order valence-corrected chi connectivity index (χ0v) is 13.2. The van der Waals surface area contributed by atoms with Crippen LogP contribution in [0.2, 0.25) is 0 Å². The van der Waals surface area contributed by atoms with Crippen molar-refractivity contribution in [3.05, 3.63) is 24.3 Å². The van der Waals surface area contributed by atoms with E-state index in [1.807, 2.05) is 6.92 Å². The molecular weight excluding hydrogens is 292 g/mol. The van der Waals surface area contributed by atoms with E-state index in [2.05, 4.69) is 16.0 Å². The molecule has 0 aliphatic carbocycles. The van der Waals surface area contributed by atoms with Crippen molar-refractivity contribution in [2.24, 2.45) is 0 Å². The zero-order valence-electron chi connectivity index (χ0n) is 11.6. The first-order valence-corrected chi connectivity index (χ1v) is 9.08. The molecule has 0 aromatic heterocycles. The maximum Gasteiger partial charge on any atom is 0.240 e. The van der Waals surface area contributed by atoms with Gasteiger partial charge in [-0.15, -0.1) is 18.2 Å². The largest absolute Gasteiger partial charge is 0.384 e. The second kappa shape index (κ2) is 8.90. The summed E-state index contributed by atoms with van der Waals surface area (Å²) in [6.45, 7) is 3.18. The van der Waals surface area contributed by atoms with Crippen molar-refractivity contribution in [1.82, 2.24) is 4.72 Å². The van der Waals surface area contributed by atoms with Crippen LogP contribution in [0.4, 0.5) is 5.69 Å². The highest BCUT2D eigenvalue weighted by atomic mass is 32.2. The highest BCUT2D eigenvalue weighted by Crippen LogP contribution is 2.14. The Kier molecular flexibility index (Phi) is 7.52. The molecule has 0 aliphatic heterocycles. The van der Waals surface area contributed by atoms with Crippen LogP contribution in [0, 0.1) is 12.3 Å². The van der Waals surface area contributed by atoms with Crippen molar-refractivity contribution in [3.8, 4) is 12.3 Å². The number of hydrogen-bond acceptors (Lipinski definition) is 4. The highest BCUT2D eigenvalue weighted by Gasteiger charge is 2.12. The summed E-state index contributed by atoms with van der Waals surface area (Å²) in [5.41, 5.74) is 0.903. The molecular formula is C14H20N2O2S2. The minimum atomic E-state index is -3.38. The molecule has 1 aromatic carbocycles. The number of thioether (sulfide) groups is 1. The molecule has 0 radical (unpaired) electrons.